The largest absolute Gasteiger partial charge is 0.455 e. The Hall–Kier alpha value is -5.98. The molecule has 5 nitrogen and oxygen atoms in total. The molecule has 3 N–H and O–H groups in total. The fourth-order valence-electron chi connectivity index (χ4n) is 7.77. The minimum absolute atomic E-state index is 0.0770. The molecule has 0 saturated carbocycles. The Balaban J connectivity index is 1.05. The number of nitrogens with one attached hydrogen (secondary N) is 3. The highest BCUT2D eigenvalue weighted by atomic mass is 16.3. The summed E-state index contributed by atoms with van der Waals surface area (Å²) in [5.74, 6) is 0. The molecule has 1 saturated heterocycles. The lowest BCUT2D eigenvalue weighted by atomic mass is 9.98. The summed E-state index contributed by atoms with van der Waals surface area (Å²) in [5.41, 5.74) is 11.1. The molecule has 3 unspecified atom stereocenters. The molecule has 3 heterocycles. The van der Waals surface area contributed by atoms with Crippen molar-refractivity contribution in [1.82, 2.24) is 20.5 Å². The van der Waals surface area contributed by atoms with E-state index in [-0.39, 0.29) is 18.5 Å². The van der Waals surface area contributed by atoms with Gasteiger partial charge in [0.05, 0.1) is 29.5 Å². The first-order valence-corrected chi connectivity index (χ1v) is 17.2. The predicted octanol–water partition coefficient (Wildman–Crippen LogP) is 10.5. The van der Waals surface area contributed by atoms with Crippen LogP contribution in [0.2, 0.25) is 0 Å². The number of nitrogens with zero attached hydrogens (tertiary/aromatic N) is 1. The first-order valence-electron chi connectivity index (χ1n) is 17.2. The number of hydrogen-bond donors (Lipinski definition) is 3. The number of aromatic nitrogens is 1. The molecule has 0 amide bonds. The molecule has 5 heteroatoms. The van der Waals surface area contributed by atoms with Crippen LogP contribution >= 0.6 is 0 Å². The van der Waals surface area contributed by atoms with E-state index in [9.17, 15) is 0 Å². The molecule has 0 aliphatic carbocycles. The number of para-hydroxylation sites is 4. The van der Waals surface area contributed by atoms with Gasteiger partial charge < -0.3 is 8.98 Å². The van der Waals surface area contributed by atoms with E-state index in [1.165, 1.54) is 32.9 Å². The highest BCUT2D eigenvalue weighted by Gasteiger charge is 2.30. The fraction of sp³-hybridized carbons (Fsp3) is 0.0667. The van der Waals surface area contributed by atoms with Crippen molar-refractivity contribution >= 4 is 43.7 Å². The second kappa shape index (κ2) is 11.9. The maximum absolute atomic E-state index is 6.43. The second-order valence-corrected chi connectivity index (χ2v) is 13.1. The summed E-state index contributed by atoms with van der Waals surface area (Å²) >= 11 is 0. The highest BCUT2D eigenvalue weighted by molar-refractivity contribution is 6.10. The average molecular weight is 647 g/mol. The van der Waals surface area contributed by atoms with Crippen molar-refractivity contribution in [2.45, 2.75) is 18.5 Å². The van der Waals surface area contributed by atoms with Crippen LogP contribution in [0.25, 0.3) is 60.6 Å². The molecule has 0 bridgehead atoms. The van der Waals surface area contributed by atoms with Crippen LogP contribution in [0.1, 0.15) is 35.2 Å². The Kier molecular flexibility index (Phi) is 6.88. The van der Waals surface area contributed by atoms with E-state index >= 15 is 0 Å². The summed E-state index contributed by atoms with van der Waals surface area (Å²) in [5, 5.41) is 16.4. The molecule has 1 aliphatic heterocycles. The molecular formula is C45H34N4O. The maximum atomic E-state index is 6.43. The van der Waals surface area contributed by atoms with E-state index in [4.69, 9.17) is 4.42 Å². The molecule has 2 aromatic heterocycles. The summed E-state index contributed by atoms with van der Waals surface area (Å²) in [6.07, 6.45) is -0.327. The SMILES string of the molecule is c1ccc(C2NC(c3cccc(-c4cccc5c4oc4ccccc45)c3)NC(c3cccc(-n4c5ccccc5c5ccccc54)c3)N2)cc1. The van der Waals surface area contributed by atoms with Crippen LogP contribution in [-0.4, -0.2) is 4.57 Å². The summed E-state index contributed by atoms with van der Waals surface area (Å²) in [4.78, 5) is 0. The van der Waals surface area contributed by atoms with Crippen LogP contribution in [0.3, 0.4) is 0 Å². The van der Waals surface area contributed by atoms with Gasteiger partial charge in [0.15, 0.2) is 0 Å². The predicted molar refractivity (Wildman–Crippen MR) is 204 cm³/mol. The first kappa shape index (κ1) is 29.0. The second-order valence-electron chi connectivity index (χ2n) is 13.1. The van der Waals surface area contributed by atoms with Gasteiger partial charge in [-0.25, -0.2) is 0 Å². The van der Waals surface area contributed by atoms with Gasteiger partial charge in [-0.05, 0) is 58.7 Å². The average Bonchev–Trinajstić information content (AvgIpc) is 3.74. The van der Waals surface area contributed by atoms with Gasteiger partial charge in [0.2, 0.25) is 0 Å². The maximum Gasteiger partial charge on any atom is 0.143 e. The molecule has 1 fully saturated rings. The zero-order valence-corrected chi connectivity index (χ0v) is 27.3. The van der Waals surface area contributed by atoms with Crippen LogP contribution < -0.4 is 16.0 Å². The summed E-state index contributed by atoms with van der Waals surface area (Å²) < 4.78 is 8.80. The van der Waals surface area contributed by atoms with Gasteiger partial charge in [-0.1, -0.05) is 133 Å². The monoisotopic (exact) mass is 646 g/mol. The van der Waals surface area contributed by atoms with E-state index in [2.05, 4.69) is 178 Å². The smallest absolute Gasteiger partial charge is 0.143 e. The zero-order valence-electron chi connectivity index (χ0n) is 27.3. The van der Waals surface area contributed by atoms with Crippen LogP contribution in [0.15, 0.2) is 174 Å². The summed E-state index contributed by atoms with van der Waals surface area (Å²) in [7, 11) is 0. The quantitative estimate of drug-likeness (QED) is 0.174. The molecule has 240 valence electrons. The summed E-state index contributed by atoms with van der Waals surface area (Å²) in [6, 6.07) is 60.3. The van der Waals surface area contributed by atoms with E-state index in [1.54, 1.807) is 0 Å². The van der Waals surface area contributed by atoms with Crippen molar-refractivity contribution in [3.05, 3.63) is 187 Å². The Labute approximate surface area is 289 Å². The third kappa shape index (κ3) is 4.83. The molecule has 7 aromatic carbocycles. The topological polar surface area (TPSA) is 54.2 Å². The minimum Gasteiger partial charge on any atom is -0.455 e. The van der Waals surface area contributed by atoms with Gasteiger partial charge in [0.25, 0.3) is 0 Å². The van der Waals surface area contributed by atoms with E-state index < -0.39 is 0 Å². The highest BCUT2D eigenvalue weighted by Crippen LogP contribution is 2.38. The van der Waals surface area contributed by atoms with Crippen LogP contribution in [0.4, 0.5) is 0 Å². The van der Waals surface area contributed by atoms with Crippen LogP contribution in [-0.2, 0) is 0 Å². The van der Waals surface area contributed by atoms with Gasteiger partial charge in [-0.2, -0.15) is 0 Å². The van der Waals surface area contributed by atoms with Crippen LogP contribution in [0.5, 0.6) is 0 Å². The molecule has 9 aromatic rings. The van der Waals surface area contributed by atoms with Gasteiger partial charge >= 0.3 is 0 Å². The zero-order chi connectivity index (χ0) is 33.0. The molecule has 10 rings (SSSR count). The lowest BCUT2D eigenvalue weighted by Gasteiger charge is -2.40. The van der Waals surface area contributed by atoms with Gasteiger partial charge in [0.1, 0.15) is 11.2 Å². The first-order chi connectivity index (χ1) is 24.8. The lowest BCUT2D eigenvalue weighted by molar-refractivity contribution is 0.203. The number of benzene rings is 7. The molecule has 0 spiro atoms. The van der Waals surface area contributed by atoms with Gasteiger partial charge in [-0.15, -0.1) is 0 Å². The Morgan fingerprint density at radius 2 is 0.960 bits per heavy atom. The van der Waals surface area contributed by atoms with Crippen LogP contribution in [0, 0.1) is 0 Å². The summed E-state index contributed by atoms with van der Waals surface area (Å²) in [6.45, 7) is 0. The molecule has 3 atom stereocenters. The van der Waals surface area contributed by atoms with Crippen molar-refractivity contribution in [3.8, 4) is 16.8 Å². The normalized spacial score (nSPS) is 18.0. The number of rotatable bonds is 5. The Bertz CT molecular complexity index is 2620. The number of furan rings is 1. The van der Waals surface area contributed by atoms with E-state index in [0.29, 0.717) is 0 Å². The van der Waals surface area contributed by atoms with Gasteiger partial charge in [-0.3, -0.25) is 16.0 Å². The third-order valence-corrected chi connectivity index (χ3v) is 10.1. The standard InChI is InChI=1S/C45H34N4O/c1-2-13-29(14-3-1)43-46-44(31-16-10-15-30(27-31)34-22-12-23-38-37-21-6-9-26-41(37)50-42(34)38)48-45(47-43)32-17-11-18-33(28-32)49-39-24-7-4-19-35(39)36-20-5-8-25-40(36)49/h1-28,43-48H. The number of hydrogen-bond acceptors (Lipinski definition) is 4. The third-order valence-electron chi connectivity index (χ3n) is 10.1. The van der Waals surface area contributed by atoms with E-state index in [1.807, 2.05) is 12.1 Å². The minimum atomic E-state index is -0.127. The van der Waals surface area contributed by atoms with Crippen molar-refractivity contribution in [3.63, 3.8) is 0 Å². The fourth-order valence-corrected chi connectivity index (χ4v) is 7.77. The van der Waals surface area contributed by atoms with Crippen molar-refractivity contribution in [1.29, 1.82) is 0 Å². The molecule has 0 radical (unpaired) electrons. The Morgan fingerprint density at radius 3 is 1.70 bits per heavy atom. The lowest BCUT2D eigenvalue weighted by Crippen LogP contribution is -2.54. The Morgan fingerprint density at radius 1 is 0.420 bits per heavy atom. The van der Waals surface area contributed by atoms with Crippen molar-refractivity contribution in [2.75, 3.05) is 0 Å². The molecule has 1 aliphatic rings. The molecule has 50 heavy (non-hydrogen) atoms. The molecular weight excluding hydrogens is 613 g/mol. The number of fused-ring (bicyclic) bond motifs is 6. The van der Waals surface area contributed by atoms with Gasteiger partial charge in [0, 0.05) is 32.8 Å². The van der Waals surface area contributed by atoms with E-state index in [0.717, 1.165) is 44.3 Å². The van der Waals surface area contributed by atoms with Crippen molar-refractivity contribution < 1.29 is 4.42 Å². The van der Waals surface area contributed by atoms with Crippen molar-refractivity contribution in [2.24, 2.45) is 0 Å².